The van der Waals surface area contributed by atoms with E-state index < -0.39 is 33.6 Å². The highest BCUT2D eigenvalue weighted by molar-refractivity contribution is 6.35. The molecule has 0 unspecified atom stereocenters. The molecule has 0 amide bonds. The van der Waals surface area contributed by atoms with Crippen LogP contribution in [0.3, 0.4) is 0 Å². The quantitative estimate of drug-likeness (QED) is 0.0754. The lowest BCUT2D eigenvalue weighted by Crippen LogP contribution is -2.67. The molecule has 0 spiro atoms. The number of hydrogen-bond donors (Lipinski definition) is 2. The van der Waals surface area contributed by atoms with Crippen LogP contribution in [-0.4, -0.2) is 34.7 Å². The Morgan fingerprint density at radius 3 is 2.16 bits per heavy atom. The van der Waals surface area contributed by atoms with E-state index in [1.165, 1.54) is 19.2 Å². The number of phenols is 2. The van der Waals surface area contributed by atoms with Crippen molar-refractivity contribution < 1.29 is 29.3 Å². The van der Waals surface area contributed by atoms with Crippen molar-refractivity contribution in [1.82, 2.24) is 0 Å². The van der Waals surface area contributed by atoms with Crippen molar-refractivity contribution in [1.29, 1.82) is 0 Å². The first kappa shape index (κ1) is 35.8. The van der Waals surface area contributed by atoms with Gasteiger partial charge in [0.05, 0.1) is 12.5 Å². The van der Waals surface area contributed by atoms with E-state index in [9.17, 15) is 15.0 Å². The molecule has 0 saturated heterocycles. The van der Waals surface area contributed by atoms with Crippen LogP contribution >= 0.6 is 0 Å². The number of ketones is 3. The predicted molar refractivity (Wildman–Crippen MR) is 180 cm³/mol. The van der Waals surface area contributed by atoms with Gasteiger partial charge in [0.2, 0.25) is 0 Å². The minimum Gasteiger partial charge on any atom is -0.504 e. The summed E-state index contributed by atoms with van der Waals surface area (Å²) in [7, 11) is 1.43. The van der Waals surface area contributed by atoms with Gasteiger partial charge in [-0.05, 0) is 116 Å². The summed E-state index contributed by atoms with van der Waals surface area (Å²) in [6.07, 6.45) is 7.17. The molecule has 1 saturated carbocycles. The smallest absolute Gasteiger partial charge is 0.200 e. The molecule has 244 valence electrons. The van der Waals surface area contributed by atoms with Crippen LogP contribution < -0.4 is 0 Å². The molecule has 1 fully saturated rings. The highest BCUT2D eigenvalue weighted by Gasteiger charge is 2.72. The standard InChI is InChI=1S/C39H52O6/c1-23(2)12-14-28(26(7)8)21-38-22-29(16-13-24(3)4)37(9,10)39(36(38)44,19-18-25(5)6)34(43)32(35(38)45-11)33(42)27-15-17-30(40)31(41)20-27/h13,15,17-18,20,28-29,40-41H,1,7,12,14,16,19,21-22H2,2-6,8-11H3/t28-,29+,38+,39-/m1/s1. The molecule has 6 heteroatoms. The van der Waals surface area contributed by atoms with E-state index in [0.717, 1.165) is 41.2 Å². The van der Waals surface area contributed by atoms with Crippen molar-refractivity contribution in [2.24, 2.45) is 28.1 Å². The van der Waals surface area contributed by atoms with Crippen molar-refractivity contribution in [3.05, 3.63) is 82.7 Å². The summed E-state index contributed by atoms with van der Waals surface area (Å²) < 4.78 is 6.08. The second kappa shape index (κ2) is 13.4. The SMILES string of the molecule is C=C(C)CC[C@H](C[C@]12C[C@H](CC=C(C)C)C(C)(C)[C@](CC=C(C)C)(C(=O)C(C(=O)c3ccc(O)c(O)c3)=C1OC)C2=O)C(=C)C. The van der Waals surface area contributed by atoms with Crippen LogP contribution in [0.5, 0.6) is 11.5 Å². The van der Waals surface area contributed by atoms with Crippen LogP contribution in [0.2, 0.25) is 0 Å². The van der Waals surface area contributed by atoms with E-state index in [-0.39, 0.29) is 46.7 Å². The first-order chi connectivity index (χ1) is 20.9. The monoisotopic (exact) mass is 616 g/mol. The van der Waals surface area contributed by atoms with E-state index in [2.05, 4.69) is 19.2 Å². The third-order valence-corrected chi connectivity index (χ3v) is 10.3. The van der Waals surface area contributed by atoms with Gasteiger partial charge in [0.1, 0.15) is 16.7 Å². The fourth-order valence-corrected chi connectivity index (χ4v) is 7.47. The van der Waals surface area contributed by atoms with Crippen LogP contribution in [0.1, 0.15) is 104 Å². The first-order valence-electron chi connectivity index (χ1n) is 15.9. The Balaban J connectivity index is 2.49. The molecule has 3 rings (SSSR count). The Bertz CT molecular complexity index is 1490. The molecule has 0 heterocycles. The van der Waals surface area contributed by atoms with E-state index >= 15 is 9.59 Å². The highest BCUT2D eigenvalue weighted by atomic mass is 16.5. The third-order valence-electron chi connectivity index (χ3n) is 10.3. The molecule has 0 radical (unpaired) electrons. The Morgan fingerprint density at radius 2 is 1.64 bits per heavy atom. The van der Waals surface area contributed by atoms with Crippen molar-refractivity contribution in [3.8, 4) is 11.5 Å². The number of fused-ring (bicyclic) bond motifs is 2. The molecule has 2 bridgehead atoms. The van der Waals surface area contributed by atoms with E-state index in [0.29, 0.717) is 19.3 Å². The molecule has 1 aromatic carbocycles. The Morgan fingerprint density at radius 1 is 1.02 bits per heavy atom. The Labute approximate surface area is 269 Å². The predicted octanol–water partition coefficient (Wildman–Crippen LogP) is 9.00. The molecule has 0 aliphatic heterocycles. The van der Waals surface area contributed by atoms with Gasteiger partial charge < -0.3 is 14.9 Å². The van der Waals surface area contributed by atoms with Gasteiger partial charge in [-0.3, -0.25) is 14.4 Å². The Hall–Kier alpha value is -3.67. The van der Waals surface area contributed by atoms with Crippen molar-refractivity contribution in [2.75, 3.05) is 7.11 Å². The number of carbonyl (C=O) groups is 3. The lowest BCUT2D eigenvalue weighted by Gasteiger charge is -2.61. The largest absolute Gasteiger partial charge is 0.504 e. The maximum Gasteiger partial charge on any atom is 0.200 e. The van der Waals surface area contributed by atoms with Gasteiger partial charge in [0.15, 0.2) is 28.8 Å². The fraction of sp³-hybridized carbons (Fsp3) is 0.513. The molecule has 2 aliphatic rings. The van der Waals surface area contributed by atoms with Gasteiger partial charge in [-0.2, -0.15) is 0 Å². The number of hydrogen-bond acceptors (Lipinski definition) is 6. The molecular formula is C39H52O6. The number of ether oxygens (including phenoxy) is 1. The van der Waals surface area contributed by atoms with Gasteiger partial charge in [0, 0.05) is 5.56 Å². The zero-order chi connectivity index (χ0) is 34.1. The molecule has 6 nitrogen and oxygen atoms in total. The summed E-state index contributed by atoms with van der Waals surface area (Å²) in [5, 5.41) is 20.2. The highest BCUT2D eigenvalue weighted by Crippen LogP contribution is 2.67. The average Bonchev–Trinajstić information content (AvgIpc) is 2.94. The molecular weight excluding hydrogens is 564 g/mol. The van der Waals surface area contributed by atoms with Gasteiger partial charge in [0.25, 0.3) is 0 Å². The maximum absolute atomic E-state index is 15.4. The second-order valence-electron chi connectivity index (χ2n) is 14.5. The number of benzene rings is 1. The van der Waals surface area contributed by atoms with Crippen LogP contribution in [0.15, 0.2) is 77.1 Å². The molecule has 2 aliphatic carbocycles. The summed E-state index contributed by atoms with van der Waals surface area (Å²) >= 11 is 0. The number of rotatable bonds is 13. The van der Waals surface area contributed by atoms with Crippen molar-refractivity contribution in [3.63, 3.8) is 0 Å². The number of allylic oxidation sites excluding steroid dienone is 8. The van der Waals surface area contributed by atoms with Crippen LogP contribution in [-0.2, 0) is 14.3 Å². The zero-order valence-electron chi connectivity index (χ0n) is 28.7. The molecule has 45 heavy (non-hydrogen) atoms. The lowest BCUT2D eigenvalue weighted by atomic mass is 9.39. The third kappa shape index (κ3) is 6.39. The van der Waals surface area contributed by atoms with E-state index in [4.69, 9.17) is 4.74 Å². The Kier molecular flexibility index (Phi) is 10.6. The van der Waals surface area contributed by atoms with Gasteiger partial charge >= 0.3 is 0 Å². The first-order valence-corrected chi connectivity index (χ1v) is 15.9. The minimum atomic E-state index is -1.54. The minimum absolute atomic E-state index is 0.0285. The normalized spacial score (nSPS) is 24.5. The van der Waals surface area contributed by atoms with E-state index in [1.807, 2.05) is 61.5 Å². The molecule has 1 aromatic rings. The lowest BCUT2D eigenvalue weighted by molar-refractivity contribution is -0.173. The van der Waals surface area contributed by atoms with E-state index in [1.54, 1.807) is 0 Å². The van der Waals surface area contributed by atoms with Crippen molar-refractivity contribution in [2.45, 2.75) is 93.9 Å². The van der Waals surface area contributed by atoms with Gasteiger partial charge in [-0.25, -0.2) is 0 Å². The number of methoxy groups -OCH3 is 1. The molecule has 0 aromatic heterocycles. The summed E-state index contributed by atoms with van der Waals surface area (Å²) in [4.78, 5) is 45.0. The van der Waals surface area contributed by atoms with Crippen molar-refractivity contribution >= 4 is 17.3 Å². The summed E-state index contributed by atoms with van der Waals surface area (Å²) in [6, 6.07) is 3.75. The zero-order valence-corrected chi connectivity index (χ0v) is 28.7. The number of phenolic OH excluding ortho intramolecular Hbond substituents is 2. The van der Waals surface area contributed by atoms with Gasteiger partial charge in [-0.1, -0.05) is 54.9 Å². The van der Waals surface area contributed by atoms with Crippen LogP contribution in [0.25, 0.3) is 0 Å². The fourth-order valence-electron chi connectivity index (χ4n) is 7.47. The summed E-state index contributed by atoms with van der Waals surface area (Å²) in [6.45, 7) is 24.3. The maximum atomic E-state index is 15.4. The van der Waals surface area contributed by atoms with Gasteiger partial charge in [-0.15, -0.1) is 6.58 Å². The average molecular weight is 617 g/mol. The van der Waals surface area contributed by atoms with Crippen LogP contribution in [0.4, 0.5) is 0 Å². The number of carbonyl (C=O) groups excluding carboxylic acids is 3. The topological polar surface area (TPSA) is 101 Å². The second-order valence-corrected chi connectivity index (χ2v) is 14.5. The number of aromatic hydroxyl groups is 2. The summed E-state index contributed by atoms with van der Waals surface area (Å²) in [5.74, 6) is -2.31. The molecule has 4 atom stereocenters. The van der Waals surface area contributed by atoms with Crippen LogP contribution in [0, 0.1) is 28.1 Å². The summed E-state index contributed by atoms with van der Waals surface area (Å²) in [5.41, 5.74) is 0.315. The number of Topliss-reactive ketones (excluding diaryl/α,β-unsaturated/α-hetero) is 3. The molecule has 2 N–H and O–H groups in total.